The molecule has 7 rings (SSSR count). The number of benzene rings is 6. The maximum Gasteiger partial charge on any atom is 0.141 e. The Bertz CT molecular complexity index is 2060. The van der Waals surface area contributed by atoms with E-state index in [9.17, 15) is 0 Å². The van der Waals surface area contributed by atoms with Gasteiger partial charge in [0.05, 0.1) is 11.0 Å². The summed E-state index contributed by atoms with van der Waals surface area (Å²) in [6.07, 6.45) is 7.56. The molecule has 3 nitrogen and oxygen atoms in total. The molecule has 0 fully saturated rings. The second kappa shape index (κ2) is 13.6. The SMILES string of the molecule is Bc1ccc2c(c1)c1cc(Br)ccc1c1c2nc(-c2ccc(N(c3ccccc3)c3ccccc3)cc2)n1CCCCCCCC. The van der Waals surface area contributed by atoms with Gasteiger partial charge in [0.15, 0.2) is 0 Å². The lowest BCUT2D eigenvalue weighted by molar-refractivity contribution is 0.566. The van der Waals surface area contributed by atoms with Crippen molar-refractivity contribution in [1.29, 1.82) is 0 Å². The van der Waals surface area contributed by atoms with Crippen molar-refractivity contribution >= 4 is 78.9 Å². The maximum atomic E-state index is 5.47. The number of para-hydroxylation sites is 2. The third kappa shape index (κ3) is 5.97. The smallest absolute Gasteiger partial charge is 0.141 e. The minimum atomic E-state index is 0.947. The Morgan fingerprint density at radius 1 is 0.630 bits per heavy atom. The second-order valence-electron chi connectivity index (χ2n) is 12.3. The Labute approximate surface area is 281 Å². The molecule has 46 heavy (non-hydrogen) atoms. The highest BCUT2D eigenvalue weighted by molar-refractivity contribution is 9.10. The summed E-state index contributed by atoms with van der Waals surface area (Å²) in [6.45, 7) is 3.23. The lowest BCUT2D eigenvalue weighted by atomic mass is 9.91. The standard InChI is InChI=1S/C41H39BBrN3/c1-2-3-4-5-6-13-26-45-40-36-25-21-31(43)28-38(36)37-27-30(42)20-24-35(37)39(40)44-41(45)29-18-22-34(23-19-29)46(32-14-9-7-10-15-32)33-16-11-8-12-17-33/h7-12,14-25,27-28H,2-6,13,26,42H2,1H3. The Morgan fingerprint density at radius 2 is 1.24 bits per heavy atom. The summed E-state index contributed by atoms with van der Waals surface area (Å²) in [5.74, 6) is 1.04. The molecule has 228 valence electrons. The fourth-order valence-corrected chi connectivity index (χ4v) is 7.16. The van der Waals surface area contributed by atoms with E-state index in [1.54, 1.807) is 0 Å². The van der Waals surface area contributed by atoms with Gasteiger partial charge in [-0.25, -0.2) is 4.98 Å². The van der Waals surface area contributed by atoms with Crippen molar-refractivity contribution in [2.45, 2.75) is 52.0 Å². The number of aryl methyl sites for hydroxylation is 1. The van der Waals surface area contributed by atoms with Crippen LogP contribution in [0, 0.1) is 0 Å². The molecule has 0 aliphatic carbocycles. The molecular weight excluding hydrogens is 625 g/mol. The Hall–Kier alpha value is -4.35. The third-order valence-electron chi connectivity index (χ3n) is 9.07. The van der Waals surface area contributed by atoms with Crippen molar-refractivity contribution in [1.82, 2.24) is 9.55 Å². The molecule has 0 radical (unpaired) electrons. The predicted octanol–water partition coefficient (Wildman–Crippen LogP) is 10.9. The van der Waals surface area contributed by atoms with E-state index in [0.717, 1.165) is 51.4 Å². The zero-order valence-electron chi connectivity index (χ0n) is 26.7. The fourth-order valence-electron chi connectivity index (χ4n) is 6.80. The van der Waals surface area contributed by atoms with Gasteiger partial charge in [-0.2, -0.15) is 0 Å². The maximum absolute atomic E-state index is 5.47. The first kappa shape index (κ1) is 30.3. The van der Waals surface area contributed by atoms with Gasteiger partial charge >= 0.3 is 0 Å². The second-order valence-corrected chi connectivity index (χ2v) is 13.3. The molecule has 7 aromatic rings. The first-order valence-corrected chi connectivity index (χ1v) is 17.4. The zero-order chi connectivity index (χ0) is 31.5. The van der Waals surface area contributed by atoms with Crippen molar-refractivity contribution in [3.05, 3.63) is 126 Å². The quantitative estimate of drug-likeness (QED) is 0.0780. The monoisotopic (exact) mass is 663 g/mol. The summed E-state index contributed by atoms with van der Waals surface area (Å²) < 4.78 is 3.60. The van der Waals surface area contributed by atoms with E-state index < -0.39 is 0 Å². The molecule has 0 aliphatic rings. The van der Waals surface area contributed by atoms with Crippen LogP contribution in [-0.2, 0) is 6.54 Å². The summed E-state index contributed by atoms with van der Waals surface area (Å²) in [7, 11) is 2.17. The highest BCUT2D eigenvalue weighted by Crippen LogP contribution is 2.40. The van der Waals surface area contributed by atoms with Crippen molar-refractivity contribution < 1.29 is 0 Å². The van der Waals surface area contributed by atoms with Crippen LogP contribution < -0.4 is 10.4 Å². The van der Waals surface area contributed by atoms with Crippen molar-refractivity contribution in [2.75, 3.05) is 4.90 Å². The fraction of sp³-hybridized carbons (Fsp3) is 0.195. The highest BCUT2D eigenvalue weighted by Gasteiger charge is 2.20. The van der Waals surface area contributed by atoms with Crippen LogP contribution in [-0.4, -0.2) is 17.4 Å². The van der Waals surface area contributed by atoms with Crippen LogP contribution in [0.25, 0.3) is 44.0 Å². The number of hydrogen-bond acceptors (Lipinski definition) is 2. The number of fused-ring (bicyclic) bond motifs is 6. The van der Waals surface area contributed by atoms with Gasteiger partial charge in [-0.05, 0) is 77.9 Å². The first-order valence-electron chi connectivity index (χ1n) is 16.6. The van der Waals surface area contributed by atoms with Gasteiger partial charge in [0.2, 0.25) is 0 Å². The molecule has 0 atom stereocenters. The largest absolute Gasteiger partial charge is 0.323 e. The van der Waals surface area contributed by atoms with E-state index >= 15 is 0 Å². The van der Waals surface area contributed by atoms with Crippen molar-refractivity contribution in [2.24, 2.45) is 0 Å². The van der Waals surface area contributed by atoms with E-state index in [1.807, 2.05) is 0 Å². The molecule has 0 saturated heterocycles. The molecule has 1 aromatic heterocycles. The third-order valence-corrected chi connectivity index (χ3v) is 9.57. The van der Waals surface area contributed by atoms with Crippen LogP contribution in [0.1, 0.15) is 45.4 Å². The summed E-state index contributed by atoms with van der Waals surface area (Å²) >= 11 is 3.76. The van der Waals surface area contributed by atoms with Gasteiger partial charge in [-0.15, -0.1) is 0 Å². The molecule has 0 saturated carbocycles. The summed E-state index contributed by atoms with van der Waals surface area (Å²) in [5.41, 5.74) is 8.12. The molecule has 0 spiro atoms. The van der Waals surface area contributed by atoms with Gasteiger partial charge in [-0.1, -0.05) is 121 Å². The number of anilines is 3. The van der Waals surface area contributed by atoms with E-state index in [1.165, 1.54) is 64.6 Å². The molecule has 1 heterocycles. The van der Waals surface area contributed by atoms with Gasteiger partial charge < -0.3 is 9.47 Å². The van der Waals surface area contributed by atoms with E-state index in [0.29, 0.717) is 0 Å². The van der Waals surface area contributed by atoms with Gasteiger partial charge in [0.1, 0.15) is 13.7 Å². The van der Waals surface area contributed by atoms with Gasteiger partial charge in [0, 0.05) is 44.4 Å². The highest BCUT2D eigenvalue weighted by atomic mass is 79.9. The van der Waals surface area contributed by atoms with E-state index in [2.05, 4.69) is 161 Å². The van der Waals surface area contributed by atoms with Crippen LogP contribution in [0.4, 0.5) is 17.1 Å². The average Bonchev–Trinajstić information content (AvgIpc) is 3.47. The Kier molecular flexibility index (Phi) is 8.94. The zero-order valence-corrected chi connectivity index (χ0v) is 28.3. The Balaban J connectivity index is 1.37. The lowest BCUT2D eigenvalue weighted by Gasteiger charge is -2.25. The number of nitrogens with zero attached hydrogens (tertiary/aromatic N) is 3. The number of hydrogen-bond donors (Lipinski definition) is 0. The van der Waals surface area contributed by atoms with Gasteiger partial charge in [-0.3, -0.25) is 0 Å². The van der Waals surface area contributed by atoms with Crippen LogP contribution in [0.2, 0.25) is 0 Å². The lowest BCUT2D eigenvalue weighted by Crippen LogP contribution is -2.09. The van der Waals surface area contributed by atoms with Gasteiger partial charge in [0.25, 0.3) is 0 Å². The van der Waals surface area contributed by atoms with Crippen LogP contribution >= 0.6 is 15.9 Å². The molecule has 0 N–H and O–H groups in total. The van der Waals surface area contributed by atoms with Crippen LogP contribution in [0.15, 0.2) is 126 Å². The normalized spacial score (nSPS) is 11.5. The number of rotatable bonds is 11. The first-order chi connectivity index (χ1) is 22.6. The number of unbranched alkanes of at least 4 members (excludes halogenated alkanes) is 5. The number of halogens is 1. The molecule has 6 aromatic carbocycles. The average molecular weight is 664 g/mol. The predicted molar refractivity (Wildman–Crippen MR) is 204 cm³/mol. The molecule has 0 aliphatic heterocycles. The van der Waals surface area contributed by atoms with E-state index in [-0.39, 0.29) is 0 Å². The molecule has 5 heteroatoms. The summed E-state index contributed by atoms with van der Waals surface area (Å²) in [4.78, 5) is 7.78. The number of imidazole rings is 1. The van der Waals surface area contributed by atoms with Crippen molar-refractivity contribution in [3.63, 3.8) is 0 Å². The van der Waals surface area contributed by atoms with Crippen LogP contribution in [0.5, 0.6) is 0 Å². The topological polar surface area (TPSA) is 21.1 Å². The molecule has 0 bridgehead atoms. The minimum Gasteiger partial charge on any atom is -0.323 e. The van der Waals surface area contributed by atoms with E-state index in [4.69, 9.17) is 4.98 Å². The van der Waals surface area contributed by atoms with Crippen LogP contribution in [0.3, 0.4) is 0 Å². The minimum absolute atomic E-state index is 0.947. The number of aromatic nitrogens is 2. The molecular formula is C41H39BBrN3. The summed E-state index contributed by atoms with van der Waals surface area (Å²) in [5, 5.41) is 5.01. The molecule has 0 unspecified atom stereocenters. The van der Waals surface area contributed by atoms with Crippen molar-refractivity contribution in [3.8, 4) is 11.4 Å². The Morgan fingerprint density at radius 3 is 1.93 bits per heavy atom. The molecule has 0 amide bonds. The summed E-state index contributed by atoms with van der Waals surface area (Å²) in [6, 6.07) is 43.6.